The normalized spacial score (nSPS) is 11.7. The zero-order chi connectivity index (χ0) is 19.1. The molecule has 1 aromatic carbocycles. The Morgan fingerprint density at radius 1 is 1.31 bits per heavy atom. The number of nitrogens with zero attached hydrogens (tertiary/aromatic N) is 1. The topological polar surface area (TPSA) is 113 Å². The number of hydrogen-bond acceptors (Lipinski definition) is 7. The fourth-order valence-electron chi connectivity index (χ4n) is 1.89. The van der Waals surface area contributed by atoms with Gasteiger partial charge in [-0.15, -0.1) is 0 Å². The first-order valence-electron chi connectivity index (χ1n) is 7.42. The number of benzene rings is 1. The van der Waals surface area contributed by atoms with E-state index in [1.165, 1.54) is 25.4 Å². The van der Waals surface area contributed by atoms with Crippen LogP contribution in [0.25, 0.3) is 0 Å². The molecule has 1 amide bonds. The molecule has 2 rings (SSSR count). The summed E-state index contributed by atoms with van der Waals surface area (Å²) in [6.07, 6.45) is 0.127. The first-order chi connectivity index (χ1) is 12.5. The molecule has 2 aromatic rings. The van der Waals surface area contributed by atoms with Gasteiger partial charge < -0.3 is 20.3 Å². The van der Waals surface area contributed by atoms with Crippen LogP contribution < -0.4 is 15.5 Å². The molecule has 8 nitrogen and oxygen atoms in total. The number of methoxy groups -OCH3 is 1. The van der Waals surface area contributed by atoms with Gasteiger partial charge in [0.25, 0.3) is 5.91 Å². The lowest BCUT2D eigenvalue weighted by atomic mass is 10.1. The molecule has 0 spiro atoms. The highest BCUT2D eigenvalue weighted by Gasteiger charge is 2.19. The van der Waals surface area contributed by atoms with Crippen LogP contribution in [0.2, 0.25) is 0 Å². The smallest absolute Gasteiger partial charge is 0.277 e. The number of carbonyl (C=O) groups is 1. The van der Waals surface area contributed by atoms with Crippen molar-refractivity contribution in [1.29, 1.82) is 0 Å². The van der Waals surface area contributed by atoms with Gasteiger partial charge in [0.1, 0.15) is 12.7 Å². The maximum absolute atomic E-state index is 14.2. The Morgan fingerprint density at radius 2 is 2.08 bits per heavy atom. The van der Waals surface area contributed by atoms with Gasteiger partial charge in [-0.05, 0) is 18.2 Å². The zero-order valence-corrected chi connectivity index (χ0v) is 13.7. The van der Waals surface area contributed by atoms with Crippen LogP contribution in [0.5, 0.6) is 5.88 Å². The third-order valence-corrected chi connectivity index (χ3v) is 3.21. The van der Waals surface area contributed by atoms with Crippen molar-refractivity contribution in [2.24, 2.45) is 0 Å². The van der Waals surface area contributed by atoms with Gasteiger partial charge in [0.2, 0.25) is 5.88 Å². The fourth-order valence-corrected chi connectivity index (χ4v) is 1.89. The summed E-state index contributed by atoms with van der Waals surface area (Å²) in [5.74, 6) is -2.96. The second-order valence-corrected chi connectivity index (χ2v) is 5.08. The maximum Gasteiger partial charge on any atom is 0.277 e. The van der Waals surface area contributed by atoms with Gasteiger partial charge in [0.15, 0.2) is 11.6 Å². The number of amides is 1. The third kappa shape index (κ3) is 4.85. The molecule has 0 saturated carbocycles. The molecular formula is C16H17F2N3O5. The minimum Gasteiger partial charge on any atom is -0.481 e. The fraction of sp³-hybridized carbons (Fsp3) is 0.250. The van der Waals surface area contributed by atoms with Crippen LogP contribution >= 0.6 is 0 Å². The van der Waals surface area contributed by atoms with Crippen molar-refractivity contribution in [3.63, 3.8) is 0 Å². The lowest BCUT2D eigenvalue weighted by molar-refractivity contribution is -0.0295. The van der Waals surface area contributed by atoms with E-state index >= 15 is 0 Å². The lowest BCUT2D eigenvalue weighted by Crippen LogP contribution is -2.30. The third-order valence-electron chi connectivity index (χ3n) is 3.21. The van der Waals surface area contributed by atoms with E-state index in [9.17, 15) is 13.6 Å². The van der Waals surface area contributed by atoms with Crippen LogP contribution in [-0.4, -0.2) is 47.5 Å². The van der Waals surface area contributed by atoms with Gasteiger partial charge in [-0.2, -0.15) is 0 Å². The molecule has 0 aliphatic rings. The summed E-state index contributed by atoms with van der Waals surface area (Å²) < 4.78 is 32.7. The quantitative estimate of drug-likeness (QED) is 0.516. The number of halogens is 2. The van der Waals surface area contributed by atoms with Crippen LogP contribution in [-0.2, 0) is 4.84 Å². The molecule has 140 valence electrons. The maximum atomic E-state index is 14.2. The van der Waals surface area contributed by atoms with Crippen molar-refractivity contribution in [3.8, 4) is 5.88 Å². The van der Waals surface area contributed by atoms with Crippen LogP contribution in [0.15, 0.2) is 30.5 Å². The molecule has 1 atom stereocenters. The number of rotatable bonds is 8. The van der Waals surface area contributed by atoms with E-state index in [1.54, 1.807) is 0 Å². The van der Waals surface area contributed by atoms with Gasteiger partial charge in [0, 0.05) is 6.07 Å². The largest absolute Gasteiger partial charge is 0.481 e. The summed E-state index contributed by atoms with van der Waals surface area (Å²) in [6, 6.07) is 4.87. The molecule has 0 bridgehead atoms. The summed E-state index contributed by atoms with van der Waals surface area (Å²) in [5, 5.41) is 20.4. The van der Waals surface area contributed by atoms with Gasteiger partial charge >= 0.3 is 0 Å². The van der Waals surface area contributed by atoms with E-state index in [0.717, 1.165) is 12.1 Å². The number of nitrogens with one attached hydrogen (secondary N) is 2. The summed E-state index contributed by atoms with van der Waals surface area (Å²) >= 11 is 0. The Bertz CT molecular complexity index is 758. The molecule has 1 aromatic heterocycles. The van der Waals surface area contributed by atoms with Crippen molar-refractivity contribution in [3.05, 3.63) is 47.7 Å². The highest BCUT2D eigenvalue weighted by atomic mass is 19.2. The van der Waals surface area contributed by atoms with Gasteiger partial charge in [0.05, 0.1) is 36.9 Å². The van der Waals surface area contributed by atoms with Crippen molar-refractivity contribution < 1.29 is 33.4 Å². The van der Waals surface area contributed by atoms with E-state index in [1.807, 2.05) is 5.48 Å². The second kappa shape index (κ2) is 9.04. The molecule has 0 aliphatic heterocycles. The monoisotopic (exact) mass is 369 g/mol. The lowest BCUT2D eigenvalue weighted by Gasteiger charge is -2.14. The minimum atomic E-state index is -1.26. The molecule has 10 heteroatoms. The first-order valence-corrected chi connectivity index (χ1v) is 7.42. The molecule has 0 saturated heterocycles. The molecule has 4 N–H and O–H groups in total. The average Bonchev–Trinajstić information content (AvgIpc) is 2.65. The summed E-state index contributed by atoms with van der Waals surface area (Å²) in [6.45, 7) is -0.935. The summed E-state index contributed by atoms with van der Waals surface area (Å²) in [7, 11) is 1.43. The van der Waals surface area contributed by atoms with E-state index in [-0.39, 0.29) is 12.2 Å². The Kier molecular flexibility index (Phi) is 6.78. The Hall–Kier alpha value is -2.82. The van der Waals surface area contributed by atoms with Gasteiger partial charge in [-0.25, -0.2) is 19.2 Å². The number of aliphatic hydroxyl groups is 2. The van der Waals surface area contributed by atoms with Crippen LogP contribution in [0.1, 0.15) is 10.4 Å². The Balaban J connectivity index is 2.20. The number of ether oxygens (including phenoxy) is 1. The molecule has 1 heterocycles. The summed E-state index contributed by atoms with van der Waals surface area (Å²) in [4.78, 5) is 20.8. The zero-order valence-electron chi connectivity index (χ0n) is 13.7. The van der Waals surface area contributed by atoms with Crippen molar-refractivity contribution >= 4 is 17.3 Å². The Labute approximate surface area is 147 Å². The van der Waals surface area contributed by atoms with Gasteiger partial charge in [-0.1, -0.05) is 0 Å². The van der Waals surface area contributed by atoms with E-state index in [4.69, 9.17) is 19.8 Å². The van der Waals surface area contributed by atoms with Gasteiger partial charge in [-0.3, -0.25) is 9.63 Å². The first kappa shape index (κ1) is 19.5. The number of carbonyl (C=O) groups excluding carboxylic acids is 1. The molecule has 0 fully saturated rings. The van der Waals surface area contributed by atoms with Crippen LogP contribution in [0.4, 0.5) is 20.2 Å². The highest BCUT2D eigenvalue weighted by molar-refractivity contribution is 5.99. The Morgan fingerprint density at radius 3 is 2.69 bits per heavy atom. The van der Waals surface area contributed by atoms with E-state index in [2.05, 4.69) is 10.3 Å². The number of hydrogen-bond donors (Lipinski definition) is 4. The number of anilines is 2. The van der Waals surface area contributed by atoms with Crippen LogP contribution in [0.3, 0.4) is 0 Å². The van der Waals surface area contributed by atoms with Crippen molar-refractivity contribution in [1.82, 2.24) is 10.5 Å². The van der Waals surface area contributed by atoms with Crippen molar-refractivity contribution in [2.75, 3.05) is 25.6 Å². The molecule has 0 aliphatic carbocycles. The van der Waals surface area contributed by atoms with E-state index in [0.29, 0.717) is 11.6 Å². The molecular weight excluding hydrogens is 352 g/mol. The summed E-state index contributed by atoms with van der Waals surface area (Å²) in [5.41, 5.74) is 1.62. The average molecular weight is 369 g/mol. The predicted molar refractivity (Wildman–Crippen MR) is 86.9 cm³/mol. The van der Waals surface area contributed by atoms with E-state index < -0.39 is 35.9 Å². The second-order valence-electron chi connectivity index (χ2n) is 5.08. The number of pyridine rings is 1. The molecule has 26 heavy (non-hydrogen) atoms. The minimum absolute atomic E-state index is 0.238. The van der Waals surface area contributed by atoms with Crippen LogP contribution in [0, 0.1) is 11.6 Å². The molecule has 0 radical (unpaired) electrons. The SMILES string of the molecule is COc1ccc(Nc2c(C(=O)NOCC(O)CO)ccc(F)c2F)cn1. The van der Waals surface area contributed by atoms with Crippen molar-refractivity contribution in [2.45, 2.75) is 6.10 Å². The predicted octanol–water partition coefficient (Wildman–Crippen LogP) is 1.13. The standard InChI is InChI=1S/C16H17F2N3O5/c1-25-13-5-2-9(6-19-13)20-15-11(3-4-12(17)14(15)18)16(24)21-26-8-10(23)7-22/h2-6,10,20,22-23H,7-8H2,1H3,(H,21,24). The number of aliphatic hydroxyl groups excluding tert-OH is 2. The highest BCUT2D eigenvalue weighted by Crippen LogP contribution is 2.26. The molecule has 1 unspecified atom stereocenters. The number of hydroxylamine groups is 1. The number of aromatic nitrogens is 1.